The molecule has 2 rings (SSSR count). The van der Waals surface area contributed by atoms with Crippen molar-refractivity contribution < 1.29 is 4.79 Å². The van der Waals surface area contributed by atoms with Gasteiger partial charge in [-0.2, -0.15) is 0 Å². The van der Waals surface area contributed by atoms with Crippen molar-refractivity contribution in [3.05, 3.63) is 29.3 Å². The van der Waals surface area contributed by atoms with E-state index in [1.165, 1.54) is 11.3 Å². The van der Waals surface area contributed by atoms with Crippen molar-refractivity contribution in [2.24, 2.45) is 0 Å². The molecule has 0 aliphatic rings. The monoisotopic (exact) mass is 291 g/mol. The van der Waals surface area contributed by atoms with Gasteiger partial charge in [0.2, 0.25) is 10.1 Å². The van der Waals surface area contributed by atoms with Crippen LogP contribution in [0.2, 0.25) is 0 Å². The Bertz CT molecular complexity index is 579. The van der Waals surface area contributed by atoms with Crippen LogP contribution in [0.4, 0.5) is 16.5 Å². The Labute approximate surface area is 121 Å². The molecule has 0 fully saturated rings. The molecule has 0 unspecified atom stereocenters. The molecule has 20 heavy (non-hydrogen) atoms. The molecule has 0 radical (unpaired) electrons. The second kappa shape index (κ2) is 6.33. The molecule has 6 nitrogen and oxygen atoms in total. The first-order valence-corrected chi connectivity index (χ1v) is 7.08. The number of benzene rings is 1. The average molecular weight is 291 g/mol. The molecule has 1 amide bonds. The number of nitrogens with one attached hydrogen (secondary N) is 2. The zero-order valence-electron chi connectivity index (χ0n) is 11.7. The maximum absolute atomic E-state index is 12.0. The number of hydrogen-bond donors (Lipinski definition) is 2. The molecule has 0 saturated carbocycles. The summed E-state index contributed by atoms with van der Waals surface area (Å²) in [6.07, 6.45) is 0. The highest BCUT2D eigenvalue weighted by Gasteiger charge is 2.12. The standard InChI is InChI=1S/C13H17N5OS/c1-4-14-13-17-16-12(20-13)11(19)15-9-5-7-10(8-6-9)18(2)3/h5-8H,4H2,1-3H3,(H,14,17)(H,15,19). The molecule has 1 aromatic heterocycles. The van der Waals surface area contributed by atoms with E-state index in [1.54, 1.807) is 0 Å². The van der Waals surface area contributed by atoms with Gasteiger partial charge in [-0.25, -0.2) is 0 Å². The molecule has 0 aliphatic heterocycles. The third-order valence-electron chi connectivity index (χ3n) is 2.59. The molecule has 2 aromatic rings. The van der Waals surface area contributed by atoms with Gasteiger partial charge in [0, 0.05) is 32.0 Å². The lowest BCUT2D eigenvalue weighted by Crippen LogP contribution is -2.12. The number of aromatic nitrogens is 2. The first kappa shape index (κ1) is 14.3. The van der Waals surface area contributed by atoms with Gasteiger partial charge in [0.1, 0.15) is 0 Å². The average Bonchev–Trinajstić information content (AvgIpc) is 2.88. The van der Waals surface area contributed by atoms with Crippen molar-refractivity contribution in [2.75, 3.05) is 36.2 Å². The molecule has 1 aromatic carbocycles. The van der Waals surface area contributed by atoms with Crippen LogP contribution in [0.25, 0.3) is 0 Å². The summed E-state index contributed by atoms with van der Waals surface area (Å²) in [5.41, 5.74) is 1.81. The largest absolute Gasteiger partial charge is 0.378 e. The molecular weight excluding hydrogens is 274 g/mol. The van der Waals surface area contributed by atoms with Crippen LogP contribution in [0, 0.1) is 0 Å². The number of nitrogens with zero attached hydrogens (tertiary/aromatic N) is 3. The highest BCUT2D eigenvalue weighted by molar-refractivity contribution is 7.17. The van der Waals surface area contributed by atoms with Crippen LogP contribution in [0.15, 0.2) is 24.3 Å². The number of carbonyl (C=O) groups is 1. The van der Waals surface area contributed by atoms with E-state index in [0.29, 0.717) is 10.1 Å². The van der Waals surface area contributed by atoms with Crippen LogP contribution in [0.5, 0.6) is 0 Å². The first-order chi connectivity index (χ1) is 9.60. The molecule has 2 N–H and O–H groups in total. The van der Waals surface area contributed by atoms with E-state index < -0.39 is 0 Å². The summed E-state index contributed by atoms with van der Waals surface area (Å²) in [6.45, 7) is 2.72. The Morgan fingerprint density at radius 3 is 2.55 bits per heavy atom. The highest BCUT2D eigenvalue weighted by atomic mass is 32.1. The number of anilines is 3. The van der Waals surface area contributed by atoms with Gasteiger partial charge in [-0.15, -0.1) is 10.2 Å². The van der Waals surface area contributed by atoms with Crippen LogP contribution >= 0.6 is 11.3 Å². The molecule has 1 heterocycles. The van der Waals surface area contributed by atoms with Gasteiger partial charge in [-0.05, 0) is 31.2 Å². The number of rotatable bonds is 5. The number of hydrogen-bond acceptors (Lipinski definition) is 6. The molecular formula is C13H17N5OS. The Hall–Kier alpha value is -2.15. The maximum atomic E-state index is 12.0. The summed E-state index contributed by atoms with van der Waals surface area (Å²) in [5.74, 6) is -0.246. The normalized spacial score (nSPS) is 10.2. The lowest BCUT2D eigenvalue weighted by Gasteiger charge is -2.12. The fourth-order valence-electron chi connectivity index (χ4n) is 1.57. The summed E-state index contributed by atoms with van der Waals surface area (Å²) in [5, 5.41) is 14.6. The van der Waals surface area contributed by atoms with Gasteiger partial charge in [-0.1, -0.05) is 11.3 Å². The minimum absolute atomic E-state index is 0.246. The van der Waals surface area contributed by atoms with Gasteiger partial charge in [0.15, 0.2) is 0 Å². The van der Waals surface area contributed by atoms with E-state index in [4.69, 9.17) is 0 Å². The third kappa shape index (κ3) is 3.45. The molecule has 106 valence electrons. The molecule has 0 bridgehead atoms. The topological polar surface area (TPSA) is 70.1 Å². The summed E-state index contributed by atoms with van der Waals surface area (Å²) < 4.78 is 0. The van der Waals surface area contributed by atoms with E-state index in [2.05, 4.69) is 20.8 Å². The zero-order valence-corrected chi connectivity index (χ0v) is 12.5. The third-order valence-corrected chi connectivity index (χ3v) is 3.47. The minimum Gasteiger partial charge on any atom is -0.378 e. The van der Waals surface area contributed by atoms with Crippen LogP contribution in [0.3, 0.4) is 0 Å². The van der Waals surface area contributed by atoms with Gasteiger partial charge < -0.3 is 15.5 Å². The van der Waals surface area contributed by atoms with Crippen molar-refractivity contribution in [2.45, 2.75) is 6.92 Å². The van der Waals surface area contributed by atoms with Crippen LogP contribution in [-0.4, -0.2) is 36.7 Å². The van der Waals surface area contributed by atoms with Crippen molar-refractivity contribution >= 4 is 33.8 Å². The molecule has 7 heteroatoms. The van der Waals surface area contributed by atoms with Gasteiger partial charge >= 0.3 is 0 Å². The van der Waals surface area contributed by atoms with Gasteiger partial charge in [0.05, 0.1) is 0 Å². The quantitative estimate of drug-likeness (QED) is 0.884. The highest BCUT2D eigenvalue weighted by Crippen LogP contribution is 2.19. The Morgan fingerprint density at radius 2 is 1.95 bits per heavy atom. The summed E-state index contributed by atoms with van der Waals surface area (Å²) in [4.78, 5) is 14.0. The molecule has 0 aliphatic carbocycles. The van der Waals surface area contributed by atoms with Gasteiger partial charge in [0.25, 0.3) is 5.91 Å². The van der Waals surface area contributed by atoms with Crippen molar-refractivity contribution in [1.29, 1.82) is 0 Å². The zero-order chi connectivity index (χ0) is 14.5. The number of amides is 1. The van der Waals surface area contributed by atoms with Crippen molar-refractivity contribution in [3.63, 3.8) is 0 Å². The van der Waals surface area contributed by atoms with Crippen molar-refractivity contribution in [1.82, 2.24) is 10.2 Å². The molecule has 0 spiro atoms. The fraction of sp³-hybridized carbons (Fsp3) is 0.308. The van der Waals surface area contributed by atoms with E-state index in [9.17, 15) is 4.79 Å². The van der Waals surface area contributed by atoms with E-state index >= 15 is 0 Å². The SMILES string of the molecule is CCNc1nnc(C(=O)Nc2ccc(N(C)C)cc2)s1. The smallest absolute Gasteiger partial charge is 0.286 e. The minimum atomic E-state index is -0.246. The summed E-state index contributed by atoms with van der Waals surface area (Å²) in [7, 11) is 3.94. The van der Waals surface area contributed by atoms with Gasteiger partial charge in [-0.3, -0.25) is 4.79 Å². The second-order valence-electron chi connectivity index (χ2n) is 4.34. The Kier molecular flexibility index (Phi) is 4.52. The van der Waals surface area contributed by atoms with E-state index in [0.717, 1.165) is 17.9 Å². The lowest BCUT2D eigenvalue weighted by atomic mass is 10.2. The molecule has 0 atom stereocenters. The van der Waals surface area contributed by atoms with E-state index in [1.807, 2.05) is 50.2 Å². The summed E-state index contributed by atoms with van der Waals surface area (Å²) in [6, 6.07) is 7.61. The fourth-order valence-corrected chi connectivity index (χ4v) is 2.27. The maximum Gasteiger partial charge on any atom is 0.286 e. The van der Waals surface area contributed by atoms with E-state index in [-0.39, 0.29) is 5.91 Å². The van der Waals surface area contributed by atoms with Crippen molar-refractivity contribution in [3.8, 4) is 0 Å². The van der Waals surface area contributed by atoms with Crippen LogP contribution < -0.4 is 15.5 Å². The van der Waals surface area contributed by atoms with Crippen LogP contribution in [0.1, 0.15) is 16.7 Å². The number of carbonyl (C=O) groups excluding carboxylic acids is 1. The predicted octanol–water partition coefficient (Wildman–Crippen LogP) is 2.29. The first-order valence-electron chi connectivity index (χ1n) is 6.26. The Balaban J connectivity index is 2.03. The Morgan fingerprint density at radius 1 is 1.25 bits per heavy atom. The summed E-state index contributed by atoms with van der Waals surface area (Å²) >= 11 is 1.24. The molecule has 0 saturated heterocycles. The predicted molar refractivity (Wildman–Crippen MR) is 82.8 cm³/mol. The van der Waals surface area contributed by atoms with Crippen LogP contribution in [-0.2, 0) is 0 Å². The lowest BCUT2D eigenvalue weighted by molar-refractivity contribution is 0.102. The second-order valence-corrected chi connectivity index (χ2v) is 5.32.